The first-order valence-corrected chi connectivity index (χ1v) is 10.6. The highest BCUT2D eigenvalue weighted by Gasteiger charge is 2.28. The van der Waals surface area contributed by atoms with Gasteiger partial charge in [0.15, 0.2) is 0 Å². The van der Waals surface area contributed by atoms with Crippen molar-refractivity contribution in [1.29, 1.82) is 0 Å². The number of hydrogen-bond donors (Lipinski definition) is 1. The van der Waals surface area contributed by atoms with Gasteiger partial charge in [-0.15, -0.1) is 11.3 Å². The second-order valence-corrected chi connectivity index (χ2v) is 10.2. The van der Waals surface area contributed by atoms with Crippen molar-refractivity contribution in [2.45, 2.75) is 23.6 Å². The van der Waals surface area contributed by atoms with Gasteiger partial charge in [-0.3, -0.25) is 4.79 Å². The normalized spacial score (nSPS) is 16.0. The number of carbonyl (C=O) groups is 2. The number of sulfonamides is 1. The number of nitrogens with zero attached hydrogens (tertiary/aromatic N) is 3. The zero-order valence-corrected chi connectivity index (χ0v) is 17.2. The molecule has 1 N–H and O–H groups in total. The molecule has 10 heteroatoms. The number of carbonyl (C=O) groups excluding carboxylic acids is 2. The van der Waals surface area contributed by atoms with Gasteiger partial charge >= 0.3 is 6.03 Å². The summed E-state index contributed by atoms with van der Waals surface area (Å²) in [5, 5.41) is 2.88. The minimum Gasteiger partial charge on any atom is -0.351 e. The number of piperidine rings is 1. The van der Waals surface area contributed by atoms with E-state index in [1.807, 2.05) is 0 Å². The largest absolute Gasteiger partial charge is 0.351 e. The van der Waals surface area contributed by atoms with Crippen LogP contribution in [0.3, 0.4) is 0 Å². The molecule has 0 aliphatic carbocycles. The Morgan fingerprint density at radius 3 is 2.35 bits per heavy atom. The second-order valence-electron chi connectivity index (χ2n) is 6.66. The first-order chi connectivity index (χ1) is 12.1. The molecule has 8 nitrogen and oxygen atoms in total. The number of rotatable bonds is 5. The molecule has 0 unspecified atom stereocenters. The van der Waals surface area contributed by atoms with Crippen LogP contribution in [0.2, 0.25) is 0 Å². The van der Waals surface area contributed by atoms with Gasteiger partial charge in [-0.25, -0.2) is 17.5 Å². The van der Waals surface area contributed by atoms with E-state index in [1.165, 1.54) is 23.3 Å². The fraction of sp³-hybridized carbons (Fsp3) is 0.625. The quantitative estimate of drug-likeness (QED) is 0.796. The Kier molecular flexibility index (Phi) is 6.64. The van der Waals surface area contributed by atoms with Gasteiger partial charge < -0.3 is 15.1 Å². The molecule has 0 radical (unpaired) electrons. The lowest BCUT2D eigenvalue weighted by Crippen LogP contribution is -2.46. The lowest BCUT2D eigenvalue weighted by molar-refractivity contribution is -0.126. The summed E-state index contributed by atoms with van der Waals surface area (Å²) in [6.07, 6.45) is 1.27. The fourth-order valence-electron chi connectivity index (χ4n) is 2.71. The van der Waals surface area contributed by atoms with E-state index < -0.39 is 10.0 Å². The third kappa shape index (κ3) is 4.74. The third-order valence-electron chi connectivity index (χ3n) is 4.33. The SMILES string of the molecule is CN(C)C(=O)N1CCC(C(=O)NCc2ccc(S(=O)(=O)N(C)C)s2)CC1. The van der Waals surface area contributed by atoms with Crippen molar-refractivity contribution in [3.8, 4) is 0 Å². The maximum atomic E-state index is 12.3. The molecule has 26 heavy (non-hydrogen) atoms. The topological polar surface area (TPSA) is 90.0 Å². The highest BCUT2D eigenvalue weighted by molar-refractivity contribution is 7.91. The Hall–Kier alpha value is -1.65. The highest BCUT2D eigenvalue weighted by atomic mass is 32.2. The van der Waals surface area contributed by atoms with Crippen LogP contribution in [0.1, 0.15) is 17.7 Å². The molecule has 0 aromatic carbocycles. The molecule has 2 rings (SSSR count). The molecule has 1 fully saturated rings. The molecule has 1 saturated heterocycles. The Morgan fingerprint density at radius 1 is 1.19 bits per heavy atom. The third-order valence-corrected chi connectivity index (χ3v) is 7.70. The van der Waals surface area contributed by atoms with Crippen LogP contribution in [0.15, 0.2) is 16.3 Å². The van der Waals surface area contributed by atoms with Crippen molar-refractivity contribution in [2.24, 2.45) is 5.92 Å². The number of urea groups is 1. The summed E-state index contributed by atoms with van der Waals surface area (Å²) in [5.41, 5.74) is 0. The zero-order valence-electron chi connectivity index (χ0n) is 15.6. The maximum absolute atomic E-state index is 12.3. The lowest BCUT2D eigenvalue weighted by atomic mass is 9.96. The first kappa shape index (κ1) is 20.7. The minimum atomic E-state index is -3.44. The summed E-state index contributed by atoms with van der Waals surface area (Å²) < 4.78 is 25.6. The molecule has 1 aliphatic rings. The molecule has 146 valence electrons. The van der Waals surface area contributed by atoms with Crippen molar-refractivity contribution in [1.82, 2.24) is 19.4 Å². The Labute approximate surface area is 158 Å². The van der Waals surface area contributed by atoms with E-state index in [9.17, 15) is 18.0 Å². The van der Waals surface area contributed by atoms with Crippen LogP contribution < -0.4 is 5.32 Å². The summed E-state index contributed by atoms with van der Waals surface area (Å²) in [7, 11) is 2.97. The number of thiophene rings is 1. The van der Waals surface area contributed by atoms with Crippen LogP contribution in [-0.4, -0.2) is 75.7 Å². The van der Waals surface area contributed by atoms with Gasteiger partial charge in [0.05, 0.1) is 6.54 Å². The van der Waals surface area contributed by atoms with Crippen molar-refractivity contribution in [3.05, 3.63) is 17.0 Å². The smallest absolute Gasteiger partial charge is 0.319 e. The molecule has 0 bridgehead atoms. The second kappa shape index (κ2) is 8.36. The van der Waals surface area contributed by atoms with Crippen molar-refractivity contribution in [2.75, 3.05) is 41.3 Å². The Balaban J connectivity index is 1.85. The molecule has 1 aliphatic heterocycles. The van der Waals surface area contributed by atoms with E-state index in [0.717, 1.165) is 16.2 Å². The molecule has 0 spiro atoms. The van der Waals surface area contributed by atoms with Crippen LogP contribution in [-0.2, 0) is 21.4 Å². The number of amides is 3. The highest BCUT2D eigenvalue weighted by Crippen LogP contribution is 2.24. The van der Waals surface area contributed by atoms with E-state index in [-0.39, 0.29) is 22.1 Å². The molecule has 0 saturated carbocycles. The van der Waals surface area contributed by atoms with Gasteiger partial charge in [-0.05, 0) is 25.0 Å². The molecule has 1 aromatic heterocycles. The maximum Gasteiger partial charge on any atom is 0.319 e. The number of likely N-dealkylation sites (tertiary alicyclic amines) is 1. The van der Waals surface area contributed by atoms with Crippen LogP contribution in [0, 0.1) is 5.92 Å². The lowest BCUT2D eigenvalue weighted by Gasteiger charge is -2.33. The zero-order chi connectivity index (χ0) is 19.5. The molecular formula is C16H26N4O4S2. The summed E-state index contributed by atoms with van der Waals surface area (Å²) in [4.78, 5) is 28.3. The van der Waals surface area contributed by atoms with Gasteiger partial charge in [0.1, 0.15) is 4.21 Å². The minimum absolute atomic E-state index is 0.0305. The number of nitrogens with one attached hydrogen (secondary N) is 1. The van der Waals surface area contributed by atoms with Gasteiger partial charge in [-0.1, -0.05) is 0 Å². The van der Waals surface area contributed by atoms with E-state index in [2.05, 4.69) is 5.32 Å². The van der Waals surface area contributed by atoms with Crippen molar-refractivity contribution < 1.29 is 18.0 Å². The van der Waals surface area contributed by atoms with Gasteiger partial charge in [0, 0.05) is 52.1 Å². The van der Waals surface area contributed by atoms with Crippen molar-refractivity contribution >= 4 is 33.3 Å². The van der Waals surface area contributed by atoms with E-state index in [4.69, 9.17) is 0 Å². The van der Waals surface area contributed by atoms with Crippen LogP contribution >= 0.6 is 11.3 Å². The van der Waals surface area contributed by atoms with Gasteiger partial charge in [-0.2, -0.15) is 0 Å². The fourth-order valence-corrected chi connectivity index (χ4v) is 5.17. The molecular weight excluding hydrogens is 376 g/mol. The van der Waals surface area contributed by atoms with E-state index in [0.29, 0.717) is 32.5 Å². The summed E-state index contributed by atoms with van der Waals surface area (Å²) in [6, 6.07) is 3.25. The summed E-state index contributed by atoms with van der Waals surface area (Å²) in [5.74, 6) is -0.168. The van der Waals surface area contributed by atoms with Gasteiger partial charge in [0.2, 0.25) is 5.91 Å². The predicted molar refractivity (Wildman–Crippen MR) is 100 cm³/mol. The average Bonchev–Trinajstić information content (AvgIpc) is 3.08. The van der Waals surface area contributed by atoms with Crippen molar-refractivity contribution in [3.63, 3.8) is 0 Å². The first-order valence-electron chi connectivity index (χ1n) is 8.38. The monoisotopic (exact) mass is 402 g/mol. The van der Waals surface area contributed by atoms with E-state index in [1.54, 1.807) is 31.1 Å². The standard InChI is InChI=1S/C16H26N4O4S2/c1-18(2)16(22)20-9-7-12(8-10-20)15(21)17-11-13-5-6-14(25-13)26(23,24)19(3)4/h5-6,12H,7-11H2,1-4H3,(H,17,21). The van der Waals surface area contributed by atoms with Crippen LogP contribution in [0.4, 0.5) is 4.79 Å². The summed E-state index contributed by atoms with van der Waals surface area (Å²) >= 11 is 1.16. The van der Waals surface area contributed by atoms with E-state index >= 15 is 0 Å². The summed E-state index contributed by atoms with van der Waals surface area (Å²) in [6.45, 7) is 1.45. The molecule has 1 aromatic rings. The van der Waals surface area contributed by atoms with Gasteiger partial charge in [0.25, 0.3) is 10.0 Å². The Bertz CT molecular complexity index is 750. The molecule has 3 amide bonds. The molecule has 0 atom stereocenters. The van der Waals surface area contributed by atoms with Crippen LogP contribution in [0.5, 0.6) is 0 Å². The Morgan fingerprint density at radius 2 is 1.81 bits per heavy atom. The predicted octanol–water partition coefficient (Wildman–Crippen LogP) is 1.01. The molecule has 2 heterocycles. The van der Waals surface area contributed by atoms with Crippen LogP contribution in [0.25, 0.3) is 0 Å². The number of hydrogen-bond acceptors (Lipinski definition) is 5. The average molecular weight is 403 g/mol.